The second-order valence-corrected chi connectivity index (χ2v) is 7.60. The highest BCUT2D eigenvalue weighted by molar-refractivity contribution is 6.15. The number of amides is 2. The molecule has 5 heteroatoms. The van der Waals surface area contributed by atoms with Gasteiger partial charge in [-0.1, -0.05) is 19.1 Å². The Morgan fingerprint density at radius 3 is 2.54 bits per heavy atom. The zero-order valence-corrected chi connectivity index (χ0v) is 15.0. The number of fused-ring (bicyclic) bond motifs is 1. The number of piperidine rings is 1. The van der Waals surface area contributed by atoms with Gasteiger partial charge in [0, 0.05) is 0 Å². The lowest BCUT2D eigenvalue weighted by Crippen LogP contribution is -2.62. The Labute approximate surface area is 144 Å². The largest absolute Gasteiger partial charge is 0.322 e. The molecule has 2 aliphatic rings. The predicted octanol–water partition coefficient (Wildman–Crippen LogP) is 2.87. The highest BCUT2D eigenvalue weighted by Gasteiger charge is 2.45. The molecule has 0 radical (unpaired) electrons. The molecule has 1 saturated heterocycles. The minimum atomic E-state index is -0.900. The Balaban J connectivity index is 1.91. The molecular weight excluding hydrogens is 302 g/mol. The maximum Gasteiger partial charge on any atom is 0.250 e. The quantitative estimate of drug-likeness (QED) is 0.908. The first-order valence-corrected chi connectivity index (χ1v) is 8.81. The highest BCUT2D eigenvalue weighted by atomic mass is 16.2. The summed E-state index contributed by atoms with van der Waals surface area (Å²) < 4.78 is 0. The van der Waals surface area contributed by atoms with Gasteiger partial charge >= 0.3 is 0 Å². The molecule has 2 aliphatic heterocycles. The summed E-state index contributed by atoms with van der Waals surface area (Å²) >= 11 is 0. The molecule has 0 spiro atoms. The van der Waals surface area contributed by atoms with Gasteiger partial charge in [-0.05, 0) is 64.8 Å². The number of benzene rings is 1. The van der Waals surface area contributed by atoms with E-state index < -0.39 is 5.54 Å². The summed E-state index contributed by atoms with van der Waals surface area (Å²) in [6, 6.07) is 7.29. The number of nitrogens with zero attached hydrogens (tertiary/aromatic N) is 2. The van der Waals surface area contributed by atoms with Gasteiger partial charge in [0.05, 0.1) is 17.4 Å². The number of para-hydroxylation sites is 2. The molecule has 1 fully saturated rings. The number of likely N-dealkylation sites (tertiary alicyclic amines) is 1. The predicted molar refractivity (Wildman–Crippen MR) is 96.1 cm³/mol. The Hall–Kier alpha value is -1.88. The Morgan fingerprint density at radius 1 is 1.25 bits per heavy atom. The van der Waals surface area contributed by atoms with Gasteiger partial charge in [-0.3, -0.25) is 19.4 Å². The van der Waals surface area contributed by atoms with Gasteiger partial charge in [0.2, 0.25) is 11.8 Å². The fraction of sp³-hybridized carbons (Fsp3) is 0.579. The van der Waals surface area contributed by atoms with Crippen molar-refractivity contribution >= 4 is 23.2 Å². The molecule has 1 N–H and O–H groups in total. The van der Waals surface area contributed by atoms with Crippen LogP contribution in [0.15, 0.2) is 24.3 Å². The zero-order valence-electron chi connectivity index (χ0n) is 15.0. The van der Waals surface area contributed by atoms with E-state index >= 15 is 0 Å². The highest BCUT2D eigenvalue weighted by Crippen LogP contribution is 2.37. The van der Waals surface area contributed by atoms with E-state index in [2.05, 4.69) is 17.1 Å². The third-order valence-corrected chi connectivity index (χ3v) is 5.45. The minimum absolute atomic E-state index is 0.00291. The van der Waals surface area contributed by atoms with Crippen LogP contribution in [0.1, 0.15) is 40.5 Å². The molecule has 0 aromatic heterocycles. The first kappa shape index (κ1) is 17.0. The van der Waals surface area contributed by atoms with E-state index in [-0.39, 0.29) is 17.9 Å². The van der Waals surface area contributed by atoms with Crippen molar-refractivity contribution in [1.29, 1.82) is 0 Å². The van der Waals surface area contributed by atoms with E-state index in [4.69, 9.17) is 0 Å². The number of hydrogen-bond donors (Lipinski definition) is 1. The van der Waals surface area contributed by atoms with E-state index in [0.717, 1.165) is 37.5 Å². The second kappa shape index (κ2) is 6.20. The molecule has 24 heavy (non-hydrogen) atoms. The number of rotatable bonds is 2. The van der Waals surface area contributed by atoms with Crippen molar-refractivity contribution < 1.29 is 9.59 Å². The number of anilines is 2. The van der Waals surface area contributed by atoms with Gasteiger partial charge in [-0.2, -0.15) is 0 Å². The van der Waals surface area contributed by atoms with Crippen LogP contribution in [-0.2, 0) is 9.59 Å². The zero-order chi connectivity index (χ0) is 17.5. The molecule has 2 amide bonds. The van der Waals surface area contributed by atoms with Crippen LogP contribution in [0.4, 0.5) is 11.4 Å². The lowest BCUT2D eigenvalue weighted by Gasteiger charge is -2.45. The Bertz CT molecular complexity index is 648. The van der Waals surface area contributed by atoms with Crippen LogP contribution in [0.2, 0.25) is 0 Å². The summed E-state index contributed by atoms with van der Waals surface area (Å²) in [5.74, 6) is 0.576. The van der Waals surface area contributed by atoms with Crippen molar-refractivity contribution in [3.05, 3.63) is 24.3 Å². The van der Waals surface area contributed by atoms with Gasteiger partial charge < -0.3 is 5.32 Å². The molecule has 5 nitrogen and oxygen atoms in total. The van der Waals surface area contributed by atoms with Gasteiger partial charge in [0.15, 0.2) is 0 Å². The first-order chi connectivity index (χ1) is 11.3. The summed E-state index contributed by atoms with van der Waals surface area (Å²) in [4.78, 5) is 29.8. The van der Waals surface area contributed by atoms with E-state index in [1.807, 2.05) is 31.2 Å². The van der Waals surface area contributed by atoms with Gasteiger partial charge in [0.1, 0.15) is 5.54 Å². The molecule has 0 unspecified atom stereocenters. The van der Waals surface area contributed by atoms with Crippen LogP contribution in [0, 0.1) is 5.92 Å². The third-order valence-electron chi connectivity index (χ3n) is 5.45. The Kier molecular flexibility index (Phi) is 4.38. The van der Waals surface area contributed by atoms with Crippen molar-refractivity contribution in [3.8, 4) is 0 Å². The number of carbonyl (C=O) groups is 2. The van der Waals surface area contributed by atoms with Crippen molar-refractivity contribution in [2.75, 3.05) is 23.3 Å². The van der Waals surface area contributed by atoms with Crippen molar-refractivity contribution in [1.82, 2.24) is 4.90 Å². The molecule has 1 aromatic rings. The van der Waals surface area contributed by atoms with Crippen LogP contribution in [0.5, 0.6) is 0 Å². The van der Waals surface area contributed by atoms with Gasteiger partial charge in [-0.25, -0.2) is 0 Å². The summed E-state index contributed by atoms with van der Waals surface area (Å²) in [6.45, 7) is 9.72. The molecular formula is C19H27N3O2. The number of carbonyl (C=O) groups excluding carboxylic acids is 2. The second-order valence-electron chi connectivity index (χ2n) is 7.60. The van der Waals surface area contributed by atoms with Crippen LogP contribution in [0.25, 0.3) is 0 Å². The molecule has 0 saturated carbocycles. The first-order valence-electron chi connectivity index (χ1n) is 8.81. The SMILES string of the molecule is CC1CCN([C@H](C)C(=O)N2c3ccccc3NC(=O)C2(C)C)CC1. The van der Waals surface area contributed by atoms with E-state index in [1.165, 1.54) is 0 Å². The summed E-state index contributed by atoms with van der Waals surface area (Å²) in [7, 11) is 0. The lowest BCUT2D eigenvalue weighted by molar-refractivity contribution is -0.129. The molecule has 2 heterocycles. The average molecular weight is 329 g/mol. The van der Waals surface area contributed by atoms with E-state index in [9.17, 15) is 9.59 Å². The standard InChI is InChI=1S/C19H27N3O2/c1-13-9-11-21(12-10-13)14(2)17(23)22-16-8-6-5-7-15(16)20-18(24)19(22,3)4/h5-8,13-14H,9-12H2,1-4H3,(H,20,24)/t14-/m1/s1. The number of nitrogens with one attached hydrogen (secondary N) is 1. The smallest absolute Gasteiger partial charge is 0.250 e. The van der Waals surface area contributed by atoms with Crippen LogP contribution < -0.4 is 10.2 Å². The summed E-state index contributed by atoms with van der Waals surface area (Å²) in [5, 5.41) is 2.91. The van der Waals surface area contributed by atoms with Crippen molar-refractivity contribution in [2.45, 2.75) is 52.1 Å². The monoisotopic (exact) mass is 329 g/mol. The van der Waals surface area contributed by atoms with Crippen LogP contribution in [-0.4, -0.2) is 41.4 Å². The summed E-state index contributed by atoms with van der Waals surface area (Å²) in [6.07, 6.45) is 2.25. The number of hydrogen-bond acceptors (Lipinski definition) is 3. The van der Waals surface area contributed by atoms with E-state index in [0.29, 0.717) is 5.69 Å². The van der Waals surface area contributed by atoms with Gasteiger partial charge in [-0.15, -0.1) is 0 Å². The topological polar surface area (TPSA) is 52.7 Å². The van der Waals surface area contributed by atoms with Crippen molar-refractivity contribution in [3.63, 3.8) is 0 Å². The fourth-order valence-electron chi connectivity index (χ4n) is 3.61. The third kappa shape index (κ3) is 2.81. The lowest BCUT2D eigenvalue weighted by atomic mass is 9.94. The maximum absolute atomic E-state index is 13.3. The van der Waals surface area contributed by atoms with Crippen LogP contribution >= 0.6 is 0 Å². The molecule has 3 rings (SSSR count). The molecule has 0 aliphatic carbocycles. The van der Waals surface area contributed by atoms with Gasteiger partial charge in [0.25, 0.3) is 0 Å². The molecule has 1 aromatic carbocycles. The average Bonchev–Trinajstić information content (AvgIpc) is 2.55. The fourth-order valence-corrected chi connectivity index (χ4v) is 3.61. The van der Waals surface area contributed by atoms with E-state index in [1.54, 1.807) is 18.7 Å². The van der Waals surface area contributed by atoms with Crippen LogP contribution in [0.3, 0.4) is 0 Å². The van der Waals surface area contributed by atoms with Crippen molar-refractivity contribution in [2.24, 2.45) is 5.92 Å². The Morgan fingerprint density at radius 2 is 1.88 bits per heavy atom. The molecule has 130 valence electrons. The molecule has 1 atom stereocenters. The minimum Gasteiger partial charge on any atom is -0.322 e. The normalized spacial score (nSPS) is 22.7. The summed E-state index contributed by atoms with van der Waals surface area (Å²) in [5.41, 5.74) is 0.585. The molecule has 0 bridgehead atoms. The maximum atomic E-state index is 13.3.